The molecule has 0 fully saturated rings. The molecular formula is C5H15NO2Si. The molecule has 1 atom stereocenters. The van der Waals surface area contributed by atoms with Gasteiger partial charge in [-0.05, 0) is 13.5 Å². The van der Waals surface area contributed by atoms with Gasteiger partial charge in [0.1, 0.15) is 0 Å². The molecule has 0 heterocycles. The molecule has 0 saturated heterocycles. The SMILES string of the molecule is CO[Si](C)(OC)C(C)N. The van der Waals surface area contributed by atoms with Crippen molar-refractivity contribution in [3.8, 4) is 0 Å². The van der Waals surface area contributed by atoms with Crippen molar-refractivity contribution < 1.29 is 8.85 Å². The summed E-state index contributed by atoms with van der Waals surface area (Å²) in [6, 6.07) is 0. The summed E-state index contributed by atoms with van der Waals surface area (Å²) in [5, 5.41) is 0. The summed E-state index contributed by atoms with van der Waals surface area (Å²) in [6.45, 7) is 3.84. The third-order valence-electron chi connectivity index (χ3n) is 1.64. The number of hydrogen-bond donors (Lipinski definition) is 1. The molecule has 0 rings (SSSR count). The van der Waals surface area contributed by atoms with Crippen LogP contribution in [0.1, 0.15) is 6.92 Å². The predicted octanol–water partition coefficient (Wildman–Crippen LogP) is 0.238. The lowest BCUT2D eigenvalue weighted by Crippen LogP contribution is -2.52. The highest BCUT2D eigenvalue weighted by Gasteiger charge is 2.33. The summed E-state index contributed by atoms with van der Waals surface area (Å²) in [6.07, 6.45) is 0. The van der Waals surface area contributed by atoms with Crippen LogP contribution in [0.3, 0.4) is 0 Å². The molecule has 56 valence electrons. The Balaban J connectivity index is 3.92. The lowest BCUT2D eigenvalue weighted by molar-refractivity contribution is 0.240. The quantitative estimate of drug-likeness (QED) is 0.585. The molecule has 0 radical (unpaired) electrons. The highest BCUT2D eigenvalue weighted by Crippen LogP contribution is 2.06. The molecule has 0 aromatic rings. The van der Waals surface area contributed by atoms with E-state index >= 15 is 0 Å². The van der Waals surface area contributed by atoms with Gasteiger partial charge in [-0.3, -0.25) is 0 Å². The van der Waals surface area contributed by atoms with Gasteiger partial charge in [-0.1, -0.05) is 0 Å². The predicted molar refractivity (Wildman–Crippen MR) is 39.3 cm³/mol. The van der Waals surface area contributed by atoms with E-state index in [-0.39, 0.29) is 5.67 Å². The molecule has 0 spiro atoms. The second-order valence-corrected chi connectivity index (χ2v) is 5.97. The Kier molecular flexibility index (Phi) is 3.35. The van der Waals surface area contributed by atoms with Gasteiger partial charge in [-0.15, -0.1) is 0 Å². The van der Waals surface area contributed by atoms with E-state index in [1.165, 1.54) is 0 Å². The van der Waals surface area contributed by atoms with Gasteiger partial charge >= 0.3 is 8.56 Å². The van der Waals surface area contributed by atoms with Crippen LogP contribution in [0.4, 0.5) is 0 Å². The third-order valence-corrected chi connectivity index (χ3v) is 4.91. The van der Waals surface area contributed by atoms with Crippen LogP contribution in [0, 0.1) is 0 Å². The van der Waals surface area contributed by atoms with Crippen LogP contribution in [-0.4, -0.2) is 28.4 Å². The molecule has 3 nitrogen and oxygen atoms in total. The molecule has 0 aromatic heterocycles. The van der Waals surface area contributed by atoms with E-state index in [4.69, 9.17) is 14.6 Å². The summed E-state index contributed by atoms with van der Waals surface area (Å²) in [5.74, 6) is 0. The van der Waals surface area contributed by atoms with Crippen molar-refractivity contribution in [2.75, 3.05) is 14.2 Å². The summed E-state index contributed by atoms with van der Waals surface area (Å²) >= 11 is 0. The molecule has 0 amide bonds. The summed E-state index contributed by atoms with van der Waals surface area (Å²) < 4.78 is 10.3. The minimum atomic E-state index is -2.00. The van der Waals surface area contributed by atoms with Crippen LogP contribution in [0.2, 0.25) is 6.55 Å². The van der Waals surface area contributed by atoms with Crippen molar-refractivity contribution in [1.82, 2.24) is 0 Å². The van der Waals surface area contributed by atoms with Gasteiger partial charge in [-0.2, -0.15) is 0 Å². The molecule has 0 aromatic carbocycles. The average Bonchev–Trinajstić information content (AvgIpc) is 1.86. The lowest BCUT2D eigenvalue weighted by atomic mass is 10.8. The number of hydrogen-bond acceptors (Lipinski definition) is 3. The van der Waals surface area contributed by atoms with E-state index in [1.807, 2.05) is 13.5 Å². The molecule has 1 unspecified atom stereocenters. The Hall–Kier alpha value is 0.0969. The number of rotatable bonds is 3. The molecule has 0 aliphatic rings. The number of nitrogens with two attached hydrogens (primary N) is 1. The molecule has 4 heteroatoms. The smallest absolute Gasteiger partial charge is 0.351 e. The van der Waals surface area contributed by atoms with E-state index in [0.717, 1.165) is 0 Å². The highest BCUT2D eigenvalue weighted by molar-refractivity contribution is 6.67. The molecule has 0 aliphatic carbocycles. The van der Waals surface area contributed by atoms with Crippen LogP contribution >= 0.6 is 0 Å². The van der Waals surface area contributed by atoms with Gasteiger partial charge in [-0.25, -0.2) is 0 Å². The van der Waals surface area contributed by atoms with E-state index < -0.39 is 8.56 Å². The van der Waals surface area contributed by atoms with Crippen molar-refractivity contribution in [1.29, 1.82) is 0 Å². The normalized spacial score (nSPS) is 15.7. The van der Waals surface area contributed by atoms with E-state index in [2.05, 4.69) is 0 Å². The van der Waals surface area contributed by atoms with E-state index in [9.17, 15) is 0 Å². The fourth-order valence-electron chi connectivity index (χ4n) is 0.455. The first-order chi connectivity index (χ1) is 4.06. The van der Waals surface area contributed by atoms with Gasteiger partial charge < -0.3 is 14.6 Å². The van der Waals surface area contributed by atoms with Crippen LogP contribution < -0.4 is 5.73 Å². The Morgan fingerprint density at radius 2 is 1.67 bits per heavy atom. The molecular weight excluding hydrogens is 134 g/mol. The topological polar surface area (TPSA) is 44.5 Å². The van der Waals surface area contributed by atoms with Gasteiger partial charge in [0, 0.05) is 19.9 Å². The monoisotopic (exact) mass is 149 g/mol. The fourth-order valence-corrected chi connectivity index (χ4v) is 1.37. The zero-order valence-electron chi connectivity index (χ0n) is 6.47. The van der Waals surface area contributed by atoms with Crippen molar-refractivity contribution in [3.05, 3.63) is 0 Å². The van der Waals surface area contributed by atoms with Crippen LogP contribution in [0.5, 0.6) is 0 Å². The maximum atomic E-state index is 5.60. The largest absolute Gasteiger partial charge is 0.397 e. The first kappa shape index (κ1) is 9.10. The Morgan fingerprint density at radius 1 is 1.33 bits per heavy atom. The maximum absolute atomic E-state index is 5.60. The van der Waals surface area contributed by atoms with Crippen LogP contribution in [0.25, 0.3) is 0 Å². The Labute approximate surface area is 57.4 Å². The Bertz CT molecular complexity index is 83.0. The molecule has 0 aliphatic heterocycles. The second-order valence-electron chi connectivity index (χ2n) is 2.21. The zero-order valence-corrected chi connectivity index (χ0v) is 7.47. The molecule has 0 bridgehead atoms. The highest BCUT2D eigenvalue weighted by atomic mass is 28.4. The van der Waals surface area contributed by atoms with Gasteiger partial charge in [0.2, 0.25) is 0 Å². The minimum Gasteiger partial charge on any atom is -0.397 e. The van der Waals surface area contributed by atoms with Gasteiger partial charge in [0.15, 0.2) is 0 Å². The van der Waals surface area contributed by atoms with E-state index in [1.54, 1.807) is 14.2 Å². The zero-order chi connectivity index (χ0) is 7.49. The van der Waals surface area contributed by atoms with Crippen molar-refractivity contribution in [2.24, 2.45) is 5.73 Å². The average molecular weight is 149 g/mol. The van der Waals surface area contributed by atoms with Crippen molar-refractivity contribution in [3.63, 3.8) is 0 Å². The standard InChI is InChI=1S/C5H15NO2Si/c1-5(6)9(4,7-2)8-3/h5H,6H2,1-4H3. The minimum absolute atomic E-state index is 0.0208. The lowest BCUT2D eigenvalue weighted by Gasteiger charge is -2.25. The van der Waals surface area contributed by atoms with Crippen LogP contribution in [0.15, 0.2) is 0 Å². The van der Waals surface area contributed by atoms with Gasteiger partial charge in [0.05, 0.1) is 0 Å². The van der Waals surface area contributed by atoms with Gasteiger partial charge in [0.25, 0.3) is 0 Å². The van der Waals surface area contributed by atoms with E-state index in [0.29, 0.717) is 0 Å². The molecule has 0 saturated carbocycles. The first-order valence-electron chi connectivity index (χ1n) is 2.92. The second kappa shape index (κ2) is 3.31. The Morgan fingerprint density at radius 3 is 1.67 bits per heavy atom. The summed E-state index contributed by atoms with van der Waals surface area (Å²) in [4.78, 5) is 0. The summed E-state index contributed by atoms with van der Waals surface area (Å²) in [5.41, 5.74) is 5.62. The van der Waals surface area contributed by atoms with Crippen molar-refractivity contribution >= 4 is 8.56 Å². The maximum Gasteiger partial charge on any atom is 0.351 e. The molecule has 2 N–H and O–H groups in total. The molecule has 9 heavy (non-hydrogen) atoms. The summed E-state index contributed by atoms with van der Waals surface area (Å²) in [7, 11) is 1.28. The third kappa shape index (κ3) is 2.06. The fraction of sp³-hybridized carbons (Fsp3) is 1.00. The first-order valence-corrected chi connectivity index (χ1v) is 5.32. The van der Waals surface area contributed by atoms with Crippen molar-refractivity contribution in [2.45, 2.75) is 19.1 Å². The van der Waals surface area contributed by atoms with Crippen LogP contribution in [-0.2, 0) is 8.85 Å².